The molecule has 0 aliphatic heterocycles. The van der Waals surface area contributed by atoms with Crippen molar-refractivity contribution in [3.63, 3.8) is 0 Å². The minimum atomic E-state index is -0.156. The Balaban J connectivity index is 1.63. The highest BCUT2D eigenvalue weighted by Gasteiger charge is 2.18. The molecule has 1 aromatic carbocycles. The molecule has 8 heteroatoms. The molecule has 2 heterocycles. The van der Waals surface area contributed by atoms with E-state index in [4.69, 9.17) is 22.1 Å². The first-order chi connectivity index (χ1) is 16.4. The highest BCUT2D eigenvalue weighted by Crippen LogP contribution is 2.28. The van der Waals surface area contributed by atoms with E-state index in [-0.39, 0.29) is 11.8 Å². The van der Waals surface area contributed by atoms with Crippen LogP contribution in [0, 0.1) is 11.8 Å². The highest BCUT2D eigenvalue weighted by atomic mass is 35.5. The third-order valence-electron chi connectivity index (χ3n) is 5.34. The minimum Gasteiger partial charge on any atom is -0.382 e. The second-order valence-electron chi connectivity index (χ2n) is 8.33. The Morgan fingerprint density at radius 2 is 2.03 bits per heavy atom. The highest BCUT2D eigenvalue weighted by molar-refractivity contribution is 6.30. The number of hydrogen-bond acceptors (Lipinski definition) is 5. The summed E-state index contributed by atoms with van der Waals surface area (Å²) in [6.45, 7) is 8.20. The molecule has 0 spiro atoms. The van der Waals surface area contributed by atoms with E-state index in [1.165, 1.54) is 0 Å². The summed E-state index contributed by atoms with van der Waals surface area (Å²) in [6.07, 6.45) is 4.78. The van der Waals surface area contributed by atoms with Crippen LogP contribution in [0.4, 0.5) is 5.82 Å². The number of aromatic nitrogens is 3. The van der Waals surface area contributed by atoms with Gasteiger partial charge in [-0.3, -0.25) is 4.79 Å². The van der Waals surface area contributed by atoms with Crippen LogP contribution in [0.5, 0.6) is 0 Å². The number of carbonyl (C=O) groups excluding carboxylic acids is 1. The van der Waals surface area contributed by atoms with E-state index in [0.29, 0.717) is 48.2 Å². The average Bonchev–Trinajstić information content (AvgIpc) is 3.25. The third kappa shape index (κ3) is 6.49. The number of carbonyl (C=O) groups is 1. The number of benzene rings is 1. The topological polar surface area (TPSA) is 95.1 Å². The van der Waals surface area contributed by atoms with Crippen molar-refractivity contribution < 1.29 is 9.53 Å². The van der Waals surface area contributed by atoms with E-state index < -0.39 is 0 Å². The van der Waals surface area contributed by atoms with Crippen LogP contribution in [-0.4, -0.2) is 40.2 Å². The summed E-state index contributed by atoms with van der Waals surface area (Å²) in [5, 5.41) is 3.44. The van der Waals surface area contributed by atoms with Gasteiger partial charge < -0.3 is 20.4 Å². The Bertz CT molecular complexity index is 1180. The Morgan fingerprint density at radius 1 is 1.26 bits per heavy atom. The number of nitrogens with zero attached hydrogens (tertiary/aromatic N) is 3. The quantitative estimate of drug-likeness (QED) is 0.321. The predicted octanol–water partition coefficient (Wildman–Crippen LogP) is 4.78. The number of fused-ring (bicyclic) bond motifs is 1. The van der Waals surface area contributed by atoms with Gasteiger partial charge in [-0.25, -0.2) is 9.97 Å². The normalized spacial score (nSPS) is 11.0. The maximum atomic E-state index is 12.2. The number of rotatable bonds is 10. The zero-order chi connectivity index (χ0) is 24.5. The van der Waals surface area contributed by atoms with Gasteiger partial charge in [-0.1, -0.05) is 50.6 Å². The summed E-state index contributed by atoms with van der Waals surface area (Å²) >= 11 is 5.86. The number of hydrogen-bond donors (Lipinski definition) is 2. The molecule has 0 bridgehead atoms. The standard InChI is InChI=1S/C26H32ClN5O2/c1-4-5-6-7-8-21-22(18(2)3)31-25(28)23-24(21)32(17-30-23)14-16-34-15-13-29-26(33)19-9-11-20(27)12-10-19/h9-12,17-18H,4-6,13-16H2,1-3H3,(H2,28,31)(H,29,33). The van der Waals surface area contributed by atoms with E-state index in [9.17, 15) is 4.79 Å². The maximum absolute atomic E-state index is 12.2. The molecule has 0 fully saturated rings. The molecule has 34 heavy (non-hydrogen) atoms. The largest absolute Gasteiger partial charge is 0.382 e. The van der Waals surface area contributed by atoms with E-state index in [1.54, 1.807) is 30.6 Å². The van der Waals surface area contributed by atoms with Crippen molar-refractivity contribution in [1.82, 2.24) is 19.9 Å². The van der Waals surface area contributed by atoms with Crippen molar-refractivity contribution in [2.45, 2.75) is 52.5 Å². The molecular formula is C26H32ClN5O2. The fraction of sp³-hybridized carbons (Fsp3) is 0.423. The Kier molecular flexibility index (Phi) is 9.32. The van der Waals surface area contributed by atoms with Gasteiger partial charge in [0.2, 0.25) is 0 Å². The Morgan fingerprint density at radius 3 is 2.74 bits per heavy atom. The lowest BCUT2D eigenvalue weighted by Gasteiger charge is -2.13. The van der Waals surface area contributed by atoms with E-state index in [2.05, 4.69) is 47.9 Å². The fourth-order valence-corrected chi connectivity index (χ4v) is 3.65. The van der Waals surface area contributed by atoms with Crippen LogP contribution in [0.3, 0.4) is 0 Å². The van der Waals surface area contributed by atoms with Crippen LogP contribution in [0.25, 0.3) is 11.0 Å². The molecule has 0 aliphatic rings. The van der Waals surface area contributed by atoms with Crippen molar-refractivity contribution in [2.24, 2.45) is 0 Å². The van der Waals surface area contributed by atoms with Crippen molar-refractivity contribution in [3.05, 3.63) is 52.4 Å². The van der Waals surface area contributed by atoms with Gasteiger partial charge >= 0.3 is 0 Å². The first kappa shape index (κ1) is 25.5. The molecule has 0 unspecified atom stereocenters. The zero-order valence-electron chi connectivity index (χ0n) is 20.0. The van der Waals surface area contributed by atoms with E-state index in [0.717, 1.165) is 36.0 Å². The molecule has 0 aliphatic carbocycles. The molecule has 7 nitrogen and oxygen atoms in total. The minimum absolute atomic E-state index is 0.156. The summed E-state index contributed by atoms with van der Waals surface area (Å²) in [6, 6.07) is 6.77. The van der Waals surface area contributed by atoms with Gasteiger partial charge in [0.15, 0.2) is 5.82 Å². The number of imidazole rings is 1. The molecule has 3 aromatic rings. The number of pyridine rings is 1. The molecule has 180 valence electrons. The van der Waals surface area contributed by atoms with Gasteiger partial charge in [-0.2, -0.15) is 0 Å². The molecule has 1 amide bonds. The summed E-state index contributed by atoms with van der Waals surface area (Å²) in [5.74, 6) is 7.08. The van der Waals surface area contributed by atoms with Gasteiger partial charge in [-0.15, -0.1) is 0 Å². The number of nitrogen functional groups attached to an aromatic ring is 1. The van der Waals surface area contributed by atoms with Crippen molar-refractivity contribution in [3.8, 4) is 11.8 Å². The van der Waals surface area contributed by atoms with Gasteiger partial charge in [0.25, 0.3) is 5.91 Å². The summed E-state index contributed by atoms with van der Waals surface area (Å²) in [4.78, 5) is 21.2. The molecule has 2 aromatic heterocycles. The van der Waals surface area contributed by atoms with Crippen molar-refractivity contribution in [1.29, 1.82) is 0 Å². The monoisotopic (exact) mass is 481 g/mol. The second-order valence-corrected chi connectivity index (χ2v) is 8.76. The van der Waals surface area contributed by atoms with E-state index in [1.807, 2.05) is 4.57 Å². The molecule has 3 N–H and O–H groups in total. The van der Waals surface area contributed by atoms with Crippen molar-refractivity contribution >= 4 is 34.4 Å². The van der Waals surface area contributed by atoms with Crippen LogP contribution >= 0.6 is 11.6 Å². The molecule has 0 saturated carbocycles. The lowest BCUT2D eigenvalue weighted by atomic mass is 10.0. The summed E-state index contributed by atoms with van der Waals surface area (Å²) in [5.41, 5.74) is 10.1. The fourth-order valence-electron chi connectivity index (χ4n) is 3.52. The number of amides is 1. The van der Waals surface area contributed by atoms with Crippen LogP contribution in [0.1, 0.15) is 67.6 Å². The molecule has 3 rings (SSSR count). The third-order valence-corrected chi connectivity index (χ3v) is 5.60. The van der Waals surface area contributed by atoms with E-state index >= 15 is 0 Å². The van der Waals surface area contributed by atoms with Crippen molar-refractivity contribution in [2.75, 3.05) is 25.5 Å². The number of unbranched alkanes of at least 4 members (excludes halogenated alkanes) is 2. The van der Waals surface area contributed by atoms with Crippen LogP contribution in [-0.2, 0) is 11.3 Å². The first-order valence-electron chi connectivity index (χ1n) is 11.7. The van der Waals surface area contributed by atoms with Crippen LogP contribution in [0.15, 0.2) is 30.6 Å². The Labute approximate surface area is 206 Å². The predicted molar refractivity (Wildman–Crippen MR) is 137 cm³/mol. The number of nitrogens with two attached hydrogens (primary N) is 1. The number of halogens is 1. The zero-order valence-corrected chi connectivity index (χ0v) is 20.8. The number of nitrogens with one attached hydrogen (secondary N) is 1. The van der Waals surface area contributed by atoms with Gasteiger partial charge in [0.1, 0.15) is 5.52 Å². The maximum Gasteiger partial charge on any atom is 0.251 e. The first-order valence-corrected chi connectivity index (χ1v) is 12.0. The van der Waals surface area contributed by atoms with Gasteiger partial charge in [0.05, 0.1) is 36.3 Å². The number of ether oxygens (including phenoxy) is 1. The Hall–Kier alpha value is -3.08. The lowest BCUT2D eigenvalue weighted by Crippen LogP contribution is -2.27. The summed E-state index contributed by atoms with van der Waals surface area (Å²) < 4.78 is 7.78. The second kappa shape index (κ2) is 12.4. The molecule has 0 saturated heterocycles. The van der Waals surface area contributed by atoms with Crippen LogP contribution in [0.2, 0.25) is 5.02 Å². The number of anilines is 1. The molecular weight excluding hydrogens is 450 g/mol. The van der Waals surface area contributed by atoms with Crippen LogP contribution < -0.4 is 11.1 Å². The summed E-state index contributed by atoms with van der Waals surface area (Å²) in [7, 11) is 0. The van der Waals surface area contributed by atoms with Gasteiger partial charge in [0, 0.05) is 30.1 Å². The lowest BCUT2D eigenvalue weighted by molar-refractivity contribution is 0.0909. The molecule has 0 radical (unpaired) electrons. The average molecular weight is 482 g/mol. The molecule has 0 atom stereocenters. The van der Waals surface area contributed by atoms with Gasteiger partial charge in [-0.05, 0) is 36.6 Å². The smallest absolute Gasteiger partial charge is 0.251 e. The SMILES string of the molecule is CCCCC#Cc1c(C(C)C)nc(N)c2ncn(CCOCCNC(=O)c3ccc(Cl)cc3)c12.